The van der Waals surface area contributed by atoms with E-state index in [4.69, 9.17) is 28.9 Å². The summed E-state index contributed by atoms with van der Waals surface area (Å²) in [6.07, 6.45) is 0.458. The van der Waals surface area contributed by atoms with Gasteiger partial charge in [0.2, 0.25) is 5.91 Å². The van der Waals surface area contributed by atoms with E-state index in [1.165, 1.54) is 0 Å². The van der Waals surface area contributed by atoms with Gasteiger partial charge in [0.1, 0.15) is 0 Å². The zero-order chi connectivity index (χ0) is 12.6. The molecule has 1 unspecified atom stereocenters. The van der Waals surface area contributed by atoms with Crippen LogP contribution in [-0.4, -0.2) is 19.0 Å². The SMILES string of the molecule is NCC1CC(=O)N(c2c(Cl)cc(Br)cc2Cl)C1. The highest BCUT2D eigenvalue weighted by Gasteiger charge is 2.32. The first-order valence-corrected chi connectivity index (χ1v) is 6.72. The minimum absolute atomic E-state index is 0.0200. The van der Waals surface area contributed by atoms with E-state index in [1.807, 2.05) is 0 Å². The average Bonchev–Trinajstić information content (AvgIpc) is 2.59. The summed E-state index contributed by atoms with van der Waals surface area (Å²) in [5.41, 5.74) is 6.17. The second-order valence-electron chi connectivity index (χ2n) is 4.03. The summed E-state index contributed by atoms with van der Waals surface area (Å²) < 4.78 is 0.790. The van der Waals surface area contributed by atoms with Crippen molar-refractivity contribution >= 4 is 50.7 Å². The first kappa shape index (κ1) is 13.1. The normalized spacial score (nSPS) is 20.1. The summed E-state index contributed by atoms with van der Waals surface area (Å²) in [6, 6.07) is 3.46. The van der Waals surface area contributed by atoms with Gasteiger partial charge in [0.05, 0.1) is 15.7 Å². The quantitative estimate of drug-likeness (QED) is 0.901. The molecule has 0 aromatic heterocycles. The van der Waals surface area contributed by atoms with E-state index in [2.05, 4.69) is 15.9 Å². The molecule has 0 saturated carbocycles. The average molecular weight is 338 g/mol. The molecule has 0 aliphatic carbocycles. The number of nitrogens with two attached hydrogens (primary N) is 1. The third-order valence-electron chi connectivity index (χ3n) is 2.79. The zero-order valence-electron chi connectivity index (χ0n) is 8.92. The van der Waals surface area contributed by atoms with Gasteiger partial charge < -0.3 is 10.6 Å². The Labute approximate surface area is 118 Å². The molecule has 0 bridgehead atoms. The Kier molecular flexibility index (Phi) is 3.98. The lowest BCUT2D eigenvalue weighted by atomic mass is 10.1. The molecular weight excluding hydrogens is 327 g/mol. The van der Waals surface area contributed by atoms with Crippen molar-refractivity contribution < 1.29 is 4.79 Å². The van der Waals surface area contributed by atoms with Gasteiger partial charge >= 0.3 is 0 Å². The number of rotatable bonds is 2. The Hall–Kier alpha value is -0.290. The summed E-state index contributed by atoms with van der Waals surface area (Å²) in [6.45, 7) is 1.07. The molecular formula is C11H11BrCl2N2O. The molecule has 1 fully saturated rings. The number of hydrogen-bond acceptors (Lipinski definition) is 2. The van der Waals surface area contributed by atoms with Crippen molar-refractivity contribution in [3.8, 4) is 0 Å². The van der Waals surface area contributed by atoms with Crippen LogP contribution in [0.3, 0.4) is 0 Å². The van der Waals surface area contributed by atoms with Crippen molar-refractivity contribution in [3.05, 3.63) is 26.7 Å². The van der Waals surface area contributed by atoms with Gasteiger partial charge in [0.15, 0.2) is 0 Å². The van der Waals surface area contributed by atoms with Crippen LogP contribution in [-0.2, 0) is 4.79 Å². The molecule has 1 saturated heterocycles. The predicted octanol–water partition coefficient (Wildman–Crippen LogP) is 3.07. The molecule has 1 heterocycles. The van der Waals surface area contributed by atoms with E-state index in [0.717, 1.165) is 4.47 Å². The molecule has 1 aromatic rings. The molecule has 6 heteroatoms. The lowest BCUT2D eigenvalue weighted by Crippen LogP contribution is -2.26. The third kappa shape index (κ3) is 2.60. The van der Waals surface area contributed by atoms with Crippen LogP contribution in [0.4, 0.5) is 5.69 Å². The van der Waals surface area contributed by atoms with Gasteiger partial charge in [0, 0.05) is 17.4 Å². The fraction of sp³-hybridized carbons (Fsp3) is 0.364. The van der Waals surface area contributed by atoms with Gasteiger partial charge in [-0.2, -0.15) is 0 Å². The second-order valence-corrected chi connectivity index (χ2v) is 5.76. The molecule has 1 aromatic carbocycles. The predicted molar refractivity (Wildman–Crippen MR) is 73.7 cm³/mol. The van der Waals surface area contributed by atoms with Crippen LogP contribution in [0.1, 0.15) is 6.42 Å². The fourth-order valence-corrected chi connectivity index (χ4v) is 3.36. The van der Waals surface area contributed by atoms with E-state index in [0.29, 0.717) is 35.2 Å². The van der Waals surface area contributed by atoms with Gasteiger partial charge in [-0.1, -0.05) is 39.1 Å². The number of hydrogen-bond donors (Lipinski definition) is 1. The first-order valence-electron chi connectivity index (χ1n) is 5.18. The monoisotopic (exact) mass is 336 g/mol. The Morgan fingerprint density at radius 1 is 1.41 bits per heavy atom. The van der Waals surface area contributed by atoms with Gasteiger partial charge in [-0.15, -0.1) is 0 Å². The van der Waals surface area contributed by atoms with Crippen molar-refractivity contribution in [3.63, 3.8) is 0 Å². The van der Waals surface area contributed by atoms with Crippen LogP contribution in [0.2, 0.25) is 10.0 Å². The maximum absolute atomic E-state index is 11.9. The summed E-state index contributed by atoms with van der Waals surface area (Å²) in [5.74, 6) is 0.199. The first-order chi connectivity index (χ1) is 8.02. The summed E-state index contributed by atoms with van der Waals surface area (Å²) in [5, 5.41) is 0.936. The number of anilines is 1. The fourth-order valence-electron chi connectivity index (χ4n) is 1.95. The molecule has 0 spiro atoms. The molecule has 0 radical (unpaired) electrons. The highest BCUT2D eigenvalue weighted by molar-refractivity contribution is 9.10. The molecule has 1 atom stereocenters. The molecule has 92 valence electrons. The summed E-state index contributed by atoms with van der Waals surface area (Å²) in [4.78, 5) is 13.5. The summed E-state index contributed by atoms with van der Waals surface area (Å²) in [7, 11) is 0. The van der Waals surface area contributed by atoms with Crippen molar-refractivity contribution in [2.75, 3.05) is 18.0 Å². The van der Waals surface area contributed by atoms with Crippen LogP contribution in [0.15, 0.2) is 16.6 Å². The largest absolute Gasteiger partial charge is 0.330 e. The molecule has 1 amide bonds. The molecule has 3 nitrogen and oxygen atoms in total. The molecule has 2 N–H and O–H groups in total. The Bertz CT molecular complexity index is 444. The van der Waals surface area contributed by atoms with Gasteiger partial charge in [-0.3, -0.25) is 4.79 Å². The van der Waals surface area contributed by atoms with Gasteiger partial charge in [0.25, 0.3) is 0 Å². The molecule has 17 heavy (non-hydrogen) atoms. The van der Waals surface area contributed by atoms with E-state index in [1.54, 1.807) is 17.0 Å². The minimum Gasteiger partial charge on any atom is -0.330 e. The lowest BCUT2D eigenvalue weighted by Gasteiger charge is -2.19. The smallest absolute Gasteiger partial charge is 0.227 e. The topological polar surface area (TPSA) is 46.3 Å². The van der Waals surface area contributed by atoms with E-state index >= 15 is 0 Å². The number of amides is 1. The summed E-state index contributed by atoms with van der Waals surface area (Å²) >= 11 is 15.6. The molecule has 1 aliphatic rings. The van der Waals surface area contributed by atoms with Crippen LogP contribution < -0.4 is 10.6 Å². The van der Waals surface area contributed by atoms with Gasteiger partial charge in [-0.05, 0) is 24.6 Å². The standard InChI is InChI=1S/C11H11BrCl2N2O/c12-7-2-8(13)11(9(14)3-7)16-5-6(4-15)1-10(16)17/h2-3,6H,1,4-5,15H2. The van der Waals surface area contributed by atoms with Crippen molar-refractivity contribution in [2.45, 2.75) is 6.42 Å². The number of benzene rings is 1. The highest BCUT2D eigenvalue weighted by Crippen LogP contribution is 2.39. The number of halogens is 3. The maximum Gasteiger partial charge on any atom is 0.227 e. The Morgan fingerprint density at radius 3 is 2.47 bits per heavy atom. The van der Waals surface area contributed by atoms with Crippen LogP contribution in [0.25, 0.3) is 0 Å². The Morgan fingerprint density at radius 2 is 2.00 bits per heavy atom. The van der Waals surface area contributed by atoms with Crippen LogP contribution in [0.5, 0.6) is 0 Å². The van der Waals surface area contributed by atoms with Gasteiger partial charge in [-0.25, -0.2) is 0 Å². The van der Waals surface area contributed by atoms with E-state index < -0.39 is 0 Å². The highest BCUT2D eigenvalue weighted by atomic mass is 79.9. The number of carbonyl (C=O) groups is 1. The second kappa shape index (κ2) is 5.14. The number of carbonyl (C=O) groups excluding carboxylic acids is 1. The third-order valence-corrected chi connectivity index (χ3v) is 3.82. The van der Waals surface area contributed by atoms with E-state index in [9.17, 15) is 4.79 Å². The van der Waals surface area contributed by atoms with E-state index in [-0.39, 0.29) is 11.8 Å². The number of nitrogens with zero attached hydrogens (tertiary/aromatic N) is 1. The van der Waals surface area contributed by atoms with Crippen molar-refractivity contribution in [2.24, 2.45) is 11.7 Å². The lowest BCUT2D eigenvalue weighted by molar-refractivity contribution is -0.117. The zero-order valence-corrected chi connectivity index (χ0v) is 12.0. The molecule has 1 aliphatic heterocycles. The Balaban J connectivity index is 2.38. The minimum atomic E-state index is 0.0200. The van der Waals surface area contributed by atoms with Crippen LogP contribution in [0, 0.1) is 5.92 Å². The van der Waals surface area contributed by atoms with Crippen LogP contribution >= 0.6 is 39.1 Å². The van der Waals surface area contributed by atoms with Crippen molar-refractivity contribution in [1.82, 2.24) is 0 Å². The maximum atomic E-state index is 11.9. The molecule has 2 rings (SSSR count). The van der Waals surface area contributed by atoms with Crippen molar-refractivity contribution in [1.29, 1.82) is 0 Å².